The molecule has 3 N–H and O–H groups in total. The Bertz CT molecular complexity index is 1100. The predicted molar refractivity (Wildman–Crippen MR) is 124 cm³/mol. The van der Waals surface area contributed by atoms with E-state index in [2.05, 4.69) is 5.32 Å². The normalized spacial score (nSPS) is 11.4. The number of ether oxygens (including phenoxy) is 1. The number of nitrogens with one attached hydrogen (secondary N) is 2. The first kappa shape index (κ1) is 23.7. The molecule has 1 amide bonds. The number of halogens is 1. The number of hydrogen-bond donors (Lipinski definition) is 3. The summed E-state index contributed by atoms with van der Waals surface area (Å²) in [6.45, 7) is 0.0858. The monoisotopic (exact) mass is 448 g/mol. The molecule has 0 aromatic heterocycles. The number of aliphatic carboxylic acids is 1. The number of rotatable bonds is 10. The molecule has 0 bridgehead atoms. The van der Waals surface area contributed by atoms with Gasteiger partial charge in [-0.3, -0.25) is 10.1 Å². The van der Waals surface area contributed by atoms with Gasteiger partial charge in [0.1, 0.15) is 12.4 Å². The highest BCUT2D eigenvalue weighted by molar-refractivity contribution is 5.87. The van der Waals surface area contributed by atoms with Crippen LogP contribution in [0.1, 0.15) is 23.1 Å². The van der Waals surface area contributed by atoms with E-state index < -0.39 is 23.8 Å². The van der Waals surface area contributed by atoms with E-state index in [-0.39, 0.29) is 36.4 Å². The summed E-state index contributed by atoms with van der Waals surface area (Å²) >= 11 is 0. The molecule has 1 atom stereocenters. The second kappa shape index (κ2) is 11.6. The minimum absolute atomic E-state index is 0.0233. The summed E-state index contributed by atoms with van der Waals surface area (Å²) in [6.07, 6.45) is -0.406. The molecule has 3 rings (SSSR count). The van der Waals surface area contributed by atoms with Crippen molar-refractivity contribution in [2.45, 2.75) is 25.9 Å². The summed E-state index contributed by atoms with van der Waals surface area (Å²) in [5, 5.41) is 20.2. The molecule has 0 saturated carbocycles. The number of hydrogen-bond acceptors (Lipinski definition) is 4. The fourth-order valence-electron chi connectivity index (χ4n) is 3.39. The van der Waals surface area contributed by atoms with Crippen molar-refractivity contribution < 1.29 is 23.8 Å². The van der Waals surface area contributed by atoms with Gasteiger partial charge < -0.3 is 15.3 Å². The van der Waals surface area contributed by atoms with E-state index in [0.717, 1.165) is 17.2 Å². The Labute approximate surface area is 191 Å². The molecule has 1 unspecified atom stereocenters. The molecule has 0 spiro atoms. The zero-order valence-electron chi connectivity index (χ0n) is 18.0. The van der Waals surface area contributed by atoms with Crippen molar-refractivity contribution >= 4 is 23.5 Å². The lowest BCUT2D eigenvalue weighted by Crippen LogP contribution is -2.21. The zero-order valence-corrected chi connectivity index (χ0v) is 18.0. The van der Waals surface area contributed by atoms with Gasteiger partial charge in [0.2, 0.25) is 0 Å². The van der Waals surface area contributed by atoms with Crippen LogP contribution < -0.4 is 5.32 Å². The highest BCUT2D eigenvalue weighted by Gasteiger charge is 2.22. The van der Waals surface area contributed by atoms with Gasteiger partial charge in [0.15, 0.2) is 0 Å². The number of carboxylic acid groups (broad SMARTS) is 1. The predicted octanol–water partition coefficient (Wildman–Crippen LogP) is 5.47. The third kappa shape index (κ3) is 7.57. The third-order valence-corrected chi connectivity index (χ3v) is 5.08. The van der Waals surface area contributed by atoms with Gasteiger partial charge in [-0.05, 0) is 41.7 Å². The van der Waals surface area contributed by atoms with Crippen LogP contribution in [0.15, 0.2) is 78.9 Å². The van der Waals surface area contributed by atoms with Crippen LogP contribution in [0.25, 0.3) is 0 Å². The van der Waals surface area contributed by atoms with E-state index in [4.69, 9.17) is 10.1 Å². The van der Waals surface area contributed by atoms with Crippen molar-refractivity contribution in [3.8, 4) is 0 Å². The summed E-state index contributed by atoms with van der Waals surface area (Å²) in [7, 11) is 0. The Morgan fingerprint density at radius 1 is 0.970 bits per heavy atom. The van der Waals surface area contributed by atoms with Gasteiger partial charge in [-0.2, -0.15) is 0 Å². The molecular weight excluding hydrogens is 423 g/mol. The minimum Gasteiger partial charge on any atom is -0.481 e. The maximum Gasteiger partial charge on any atom is 0.411 e. The van der Waals surface area contributed by atoms with E-state index in [0.29, 0.717) is 6.42 Å². The van der Waals surface area contributed by atoms with Gasteiger partial charge in [0.25, 0.3) is 0 Å². The smallest absolute Gasteiger partial charge is 0.411 e. The summed E-state index contributed by atoms with van der Waals surface area (Å²) < 4.78 is 19.7. The van der Waals surface area contributed by atoms with Gasteiger partial charge >= 0.3 is 12.1 Å². The SMILES string of the molecule is N=C(Cc1ccccc1)CC(Cc1ccc(NC(=O)OCc2ccccc2)cc1F)C(=O)O. The Kier molecular flexibility index (Phi) is 8.30. The number of carboxylic acids is 1. The molecule has 0 radical (unpaired) electrons. The van der Waals surface area contributed by atoms with Crippen LogP contribution in [0, 0.1) is 17.1 Å². The minimum atomic E-state index is -1.08. The number of anilines is 1. The number of carbonyl (C=O) groups excluding carboxylic acids is 1. The van der Waals surface area contributed by atoms with E-state index in [1.54, 1.807) is 0 Å². The van der Waals surface area contributed by atoms with Crippen molar-refractivity contribution in [3.63, 3.8) is 0 Å². The van der Waals surface area contributed by atoms with Crippen molar-refractivity contribution in [2.75, 3.05) is 5.32 Å². The highest BCUT2D eigenvalue weighted by atomic mass is 19.1. The molecule has 0 saturated heterocycles. The van der Waals surface area contributed by atoms with Gasteiger partial charge in [-0.25, -0.2) is 9.18 Å². The second-order valence-corrected chi connectivity index (χ2v) is 7.70. The maximum atomic E-state index is 14.6. The van der Waals surface area contributed by atoms with E-state index in [1.807, 2.05) is 60.7 Å². The molecular formula is C26H25FN2O4. The van der Waals surface area contributed by atoms with E-state index >= 15 is 0 Å². The summed E-state index contributed by atoms with van der Waals surface area (Å²) in [5.74, 6) is -2.64. The van der Waals surface area contributed by atoms with Crippen LogP contribution in [0.5, 0.6) is 0 Å². The Morgan fingerprint density at radius 2 is 1.61 bits per heavy atom. The molecule has 0 aliphatic rings. The lowest BCUT2D eigenvalue weighted by molar-refractivity contribution is -0.141. The zero-order chi connectivity index (χ0) is 23.6. The molecule has 7 heteroatoms. The second-order valence-electron chi connectivity index (χ2n) is 7.70. The van der Waals surface area contributed by atoms with Gasteiger partial charge in [-0.1, -0.05) is 66.7 Å². The topological polar surface area (TPSA) is 99.5 Å². The summed E-state index contributed by atoms with van der Waals surface area (Å²) in [4.78, 5) is 23.7. The van der Waals surface area contributed by atoms with E-state index in [1.165, 1.54) is 12.1 Å². The lowest BCUT2D eigenvalue weighted by Gasteiger charge is -2.15. The molecule has 0 aliphatic heterocycles. The molecule has 0 fully saturated rings. The van der Waals surface area contributed by atoms with Crippen LogP contribution in [-0.2, 0) is 29.0 Å². The lowest BCUT2D eigenvalue weighted by atomic mass is 9.91. The maximum absolute atomic E-state index is 14.6. The number of benzene rings is 3. The number of carbonyl (C=O) groups is 2. The quantitative estimate of drug-likeness (QED) is 0.358. The van der Waals surface area contributed by atoms with Crippen molar-refractivity contribution in [1.29, 1.82) is 5.41 Å². The fourth-order valence-corrected chi connectivity index (χ4v) is 3.39. The van der Waals surface area contributed by atoms with E-state index in [9.17, 15) is 19.1 Å². The van der Waals surface area contributed by atoms with Gasteiger partial charge in [0.05, 0.1) is 5.92 Å². The van der Waals surface area contributed by atoms with Crippen LogP contribution in [0.3, 0.4) is 0 Å². The van der Waals surface area contributed by atoms with Crippen molar-refractivity contribution in [1.82, 2.24) is 0 Å². The Balaban J connectivity index is 1.56. The Morgan fingerprint density at radius 3 is 2.21 bits per heavy atom. The number of amides is 1. The first-order valence-electron chi connectivity index (χ1n) is 10.5. The molecule has 33 heavy (non-hydrogen) atoms. The van der Waals surface area contributed by atoms with Crippen LogP contribution in [-0.4, -0.2) is 22.9 Å². The Hall–Kier alpha value is -4.00. The average molecular weight is 448 g/mol. The van der Waals surface area contributed by atoms with Crippen LogP contribution in [0.2, 0.25) is 0 Å². The summed E-state index contributed by atoms with van der Waals surface area (Å²) in [6, 6.07) is 22.6. The highest BCUT2D eigenvalue weighted by Crippen LogP contribution is 2.21. The first-order chi connectivity index (χ1) is 15.9. The summed E-state index contributed by atoms with van der Waals surface area (Å²) in [5.41, 5.74) is 2.43. The molecule has 0 aliphatic carbocycles. The first-order valence-corrected chi connectivity index (χ1v) is 10.5. The van der Waals surface area contributed by atoms with Crippen LogP contribution >= 0.6 is 0 Å². The van der Waals surface area contributed by atoms with Crippen molar-refractivity contribution in [3.05, 3.63) is 101 Å². The van der Waals surface area contributed by atoms with Crippen LogP contribution in [0.4, 0.5) is 14.9 Å². The standard InChI is InChI=1S/C26H25FN2O4/c27-24-16-23(29-26(32)33-17-19-9-5-2-6-10-19)12-11-20(24)14-21(25(30)31)15-22(28)13-18-7-3-1-4-8-18/h1-12,16,21,28H,13-15,17H2,(H,29,32)(H,30,31). The molecule has 3 aromatic carbocycles. The van der Waals surface area contributed by atoms with Gasteiger partial charge in [0, 0.05) is 17.8 Å². The molecule has 170 valence electrons. The van der Waals surface area contributed by atoms with Crippen molar-refractivity contribution in [2.24, 2.45) is 5.92 Å². The molecule has 3 aromatic rings. The average Bonchev–Trinajstić information content (AvgIpc) is 2.80. The fraction of sp³-hybridized carbons (Fsp3) is 0.192. The molecule has 6 nitrogen and oxygen atoms in total. The molecule has 0 heterocycles. The largest absolute Gasteiger partial charge is 0.481 e. The third-order valence-electron chi connectivity index (χ3n) is 5.08. The van der Waals surface area contributed by atoms with Gasteiger partial charge in [-0.15, -0.1) is 0 Å².